The van der Waals surface area contributed by atoms with Crippen molar-refractivity contribution in [1.82, 2.24) is 5.43 Å². The summed E-state index contributed by atoms with van der Waals surface area (Å²) < 4.78 is 30.4. The van der Waals surface area contributed by atoms with E-state index in [-0.39, 0.29) is 23.0 Å². The first-order valence-corrected chi connectivity index (χ1v) is 10.3. The number of carbonyl (C=O) groups is 1. The Labute approximate surface area is 170 Å². The van der Waals surface area contributed by atoms with Crippen molar-refractivity contribution >= 4 is 22.2 Å². The van der Waals surface area contributed by atoms with Crippen LogP contribution >= 0.6 is 0 Å². The number of hydrazone groups is 1. The van der Waals surface area contributed by atoms with Crippen LogP contribution in [-0.4, -0.2) is 20.5 Å². The number of para-hydroxylation sites is 1. The molecule has 1 amide bonds. The fourth-order valence-corrected chi connectivity index (χ4v) is 3.65. The average molecular weight is 408 g/mol. The first kappa shape index (κ1) is 20.3. The molecule has 0 saturated heterocycles. The number of amides is 1. The van der Waals surface area contributed by atoms with Gasteiger partial charge in [0.1, 0.15) is 4.90 Å². The summed E-state index contributed by atoms with van der Waals surface area (Å²) in [6.45, 7) is 1.80. The molecule has 7 heteroatoms. The van der Waals surface area contributed by atoms with Crippen molar-refractivity contribution in [2.45, 2.75) is 18.2 Å². The summed E-state index contributed by atoms with van der Waals surface area (Å²) in [4.78, 5) is 12.1. The van der Waals surface area contributed by atoms with Crippen molar-refractivity contribution in [3.8, 4) is 5.75 Å². The molecular weight excluding hydrogens is 388 g/mol. The van der Waals surface area contributed by atoms with E-state index in [1.165, 1.54) is 24.4 Å². The molecule has 0 fully saturated rings. The highest BCUT2D eigenvalue weighted by Crippen LogP contribution is 2.22. The van der Waals surface area contributed by atoms with Gasteiger partial charge in [0.15, 0.2) is 5.75 Å². The molecule has 3 aromatic rings. The van der Waals surface area contributed by atoms with Gasteiger partial charge >= 0.3 is 10.1 Å². The maximum absolute atomic E-state index is 12.6. The summed E-state index contributed by atoms with van der Waals surface area (Å²) in [6.07, 6.45) is 1.54. The highest BCUT2D eigenvalue weighted by molar-refractivity contribution is 7.87. The third-order valence-corrected chi connectivity index (χ3v) is 5.23. The minimum Gasteiger partial charge on any atom is -0.378 e. The molecule has 0 saturated carbocycles. The van der Waals surface area contributed by atoms with Crippen LogP contribution in [0.1, 0.15) is 16.7 Å². The molecule has 1 N–H and O–H groups in total. The second kappa shape index (κ2) is 9.16. The van der Waals surface area contributed by atoms with Crippen LogP contribution in [0.2, 0.25) is 0 Å². The Morgan fingerprint density at radius 3 is 2.48 bits per heavy atom. The van der Waals surface area contributed by atoms with Crippen LogP contribution < -0.4 is 9.61 Å². The van der Waals surface area contributed by atoms with Crippen LogP contribution in [0.15, 0.2) is 88.9 Å². The van der Waals surface area contributed by atoms with E-state index in [0.29, 0.717) is 5.56 Å². The molecule has 29 heavy (non-hydrogen) atoms. The van der Waals surface area contributed by atoms with Crippen LogP contribution in [0.25, 0.3) is 0 Å². The molecule has 148 valence electrons. The molecule has 3 aromatic carbocycles. The highest BCUT2D eigenvalue weighted by atomic mass is 32.2. The van der Waals surface area contributed by atoms with E-state index in [2.05, 4.69) is 10.5 Å². The zero-order chi connectivity index (χ0) is 20.7. The first-order chi connectivity index (χ1) is 13.9. The van der Waals surface area contributed by atoms with E-state index in [1.54, 1.807) is 37.3 Å². The van der Waals surface area contributed by atoms with Crippen molar-refractivity contribution in [2.24, 2.45) is 5.10 Å². The van der Waals surface area contributed by atoms with E-state index in [0.717, 1.165) is 11.1 Å². The number of aryl methyl sites for hydroxylation is 1. The van der Waals surface area contributed by atoms with Gasteiger partial charge in [0.25, 0.3) is 0 Å². The minimum absolute atomic E-state index is 0.0698. The summed E-state index contributed by atoms with van der Waals surface area (Å²) >= 11 is 0. The van der Waals surface area contributed by atoms with E-state index < -0.39 is 10.1 Å². The zero-order valence-corrected chi connectivity index (χ0v) is 16.6. The van der Waals surface area contributed by atoms with Gasteiger partial charge in [-0.2, -0.15) is 13.5 Å². The molecular formula is C22H20N2O4S. The summed E-state index contributed by atoms with van der Waals surface area (Å²) in [5, 5.41) is 3.92. The average Bonchev–Trinajstić information content (AvgIpc) is 2.70. The van der Waals surface area contributed by atoms with Crippen molar-refractivity contribution in [2.75, 3.05) is 0 Å². The SMILES string of the molecule is Cc1cccc(S(=O)(=O)Oc2ccccc2C=NNC(=O)Cc2ccccc2)c1. The first-order valence-electron chi connectivity index (χ1n) is 8.90. The van der Waals surface area contributed by atoms with Crippen LogP contribution in [0.3, 0.4) is 0 Å². The Balaban J connectivity index is 1.70. The lowest BCUT2D eigenvalue weighted by Crippen LogP contribution is -2.19. The lowest BCUT2D eigenvalue weighted by molar-refractivity contribution is -0.120. The molecule has 3 rings (SSSR count). The predicted molar refractivity (Wildman–Crippen MR) is 111 cm³/mol. The Kier molecular flexibility index (Phi) is 6.41. The Morgan fingerprint density at radius 2 is 1.72 bits per heavy atom. The smallest absolute Gasteiger partial charge is 0.339 e. The molecule has 0 bridgehead atoms. The number of nitrogens with one attached hydrogen (secondary N) is 1. The normalized spacial score (nSPS) is 11.3. The van der Waals surface area contributed by atoms with Gasteiger partial charge in [-0.05, 0) is 42.3 Å². The molecule has 6 nitrogen and oxygen atoms in total. The number of nitrogens with zero attached hydrogens (tertiary/aromatic N) is 1. The van der Waals surface area contributed by atoms with E-state index in [4.69, 9.17) is 4.18 Å². The van der Waals surface area contributed by atoms with Gasteiger partial charge in [-0.15, -0.1) is 0 Å². The van der Waals surface area contributed by atoms with Gasteiger partial charge in [0.2, 0.25) is 5.91 Å². The molecule has 0 aliphatic rings. The van der Waals surface area contributed by atoms with Crippen LogP contribution in [0, 0.1) is 6.92 Å². The molecule has 0 aromatic heterocycles. The summed E-state index contributed by atoms with van der Waals surface area (Å²) in [5.41, 5.74) is 4.53. The number of rotatable bonds is 7. The molecule has 0 heterocycles. The van der Waals surface area contributed by atoms with Crippen molar-refractivity contribution < 1.29 is 17.4 Å². The Morgan fingerprint density at radius 1 is 1.00 bits per heavy atom. The molecule has 0 aliphatic heterocycles. The van der Waals surface area contributed by atoms with Crippen LogP contribution in [0.4, 0.5) is 0 Å². The molecule has 0 unspecified atom stereocenters. The van der Waals surface area contributed by atoms with Gasteiger partial charge in [-0.3, -0.25) is 4.79 Å². The number of benzene rings is 3. The molecule has 0 spiro atoms. The molecule has 0 atom stereocenters. The Bertz CT molecular complexity index is 1130. The molecule has 0 aliphatic carbocycles. The van der Waals surface area contributed by atoms with Crippen LogP contribution in [0.5, 0.6) is 5.75 Å². The maximum atomic E-state index is 12.6. The summed E-state index contributed by atoms with van der Waals surface area (Å²) in [7, 11) is -3.99. The maximum Gasteiger partial charge on any atom is 0.339 e. The van der Waals surface area contributed by atoms with Gasteiger partial charge in [0, 0.05) is 5.56 Å². The fourth-order valence-electron chi connectivity index (χ4n) is 2.59. The zero-order valence-electron chi connectivity index (χ0n) is 15.8. The van der Waals surface area contributed by atoms with Crippen molar-refractivity contribution in [3.05, 3.63) is 95.6 Å². The summed E-state index contributed by atoms with van der Waals surface area (Å²) in [6, 6.07) is 22.3. The van der Waals surface area contributed by atoms with Crippen molar-refractivity contribution in [3.63, 3.8) is 0 Å². The second-order valence-corrected chi connectivity index (χ2v) is 7.89. The van der Waals surface area contributed by atoms with Crippen LogP contribution in [-0.2, 0) is 21.3 Å². The number of carbonyl (C=O) groups excluding carboxylic acids is 1. The Hall–Kier alpha value is -3.45. The topological polar surface area (TPSA) is 84.8 Å². The predicted octanol–water partition coefficient (Wildman–Crippen LogP) is 3.46. The van der Waals surface area contributed by atoms with Crippen molar-refractivity contribution in [1.29, 1.82) is 0 Å². The van der Waals surface area contributed by atoms with E-state index in [1.807, 2.05) is 30.3 Å². The van der Waals surface area contributed by atoms with Gasteiger partial charge in [-0.25, -0.2) is 5.43 Å². The third-order valence-electron chi connectivity index (χ3n) is 4.00. The second-order valence-electron chi connectivity index (χ2n) is 6.35. The van der Waals surface area contributed by atoms with Gasteiger partial charge < -0.3 is 4.18 Å². The third kappa shape index (κ3) is 5.76. The highest BCUT2D eigenvalue weighted by Gasteiger charge is 2.18. The van der Waals surface area contributed by atoms with E-state index >= 15 is 0 Å². The quantitative estimate of drug-likeness (QED) is 0.369. The van der Waals surface area contributed by atoms with Gasteiger partial charge in [0.05, 0.1) is 12.6 Å². The lowest BCUT2D eigenvalue weighted by atomic mass is 10.1. The molecule has 0 radical (unpaired) electrons. The fraction of sp³-hybridized carbons (Fsp3) is 0.0909. The monoisotopic (exact) mass is 408 g/mol. The largest absolute Gasteiger partial charge is 0.378 e. The standard InChI is InChI=1S/C22H20N2O4S/c1-17-8-7-12-20(14-17)29(26,27)28-21-13-6-5-11-19(21)16-23-24-22(25)15-18-9-3-2-4-10-18/h2-14,16H,15H2,1H3,(H,24,25). The lowest BCUT2D eigenvalue weighted by Gasteiger charge is -2.09. The van der Waals surface area contributed by atoms with Gasteiger partial charge in [-0.1, -0.05) is 54.6 Å². The number of hydrogen-bond acceptors (Lipinski definition) is 5. The minimum atomic E-state index is -3.99. The van der Waals surface area contributed by atoms with E-state index in [9.17, 15) is 13.2 Å². The summed E-state index contributed by atoms with van der Waals surface area (Å²) in [5.74, 6) is -0.159. The number of hydrogen-bond donors (Lipinski definition) is 1.